The highest BCUT2D eigenvalue weighted by atomic mass is 79.9. The fraction of sp³-hybridized carbons (Fsp3) is 0.235. The molecule has 22 heavy (non-hydrogen) atoms. The summed E-state index contributed by atoms with van der Waals surface area (Å²) in [5.74, 6) is 1.57. The van der Waals surface area contributed by atoms with Gasteiger partial charge in [0, 0.05) is 35.4 Å². The van der Waals surface area contributed by atoms with Crippen LogP contribution in [0.1, 0.15) is 12.5 Å². The fourth-order valence-corrected chi connectivity index (χ4v) is 2.73. The van der Waals surface area contributed by atoms with Crippen molar-refractivity contribution in [1.29, 1.82) is 0 Å². The molecule has 0 aliphatic carbocycles. The lowest BCUT2D eigenvalue weighted by Crippen LogP contribution is -2.23. The molecule has 2 aromatic carbocycles. The van der Waals surface area contributed by atoms with Crippen LogP contribution in [-0.2, 0) is 11.3 Å². The van der Waals surface area contributed by atoms with Gasteiger partial charge in [-0.1, -0.05) is 15.9 Å². The van der Waals surface area contributed by atoms with Gasteiger partial charge in [0.05, 0.1) is 0 Å². The lowest BCUT2D eigenvalue weighted by atomic mass is 10.2. The molecular weight excluding hydrogens is 362 g/mol. The Kier molecular flexibility index (Phi) is 5.91. The molecule has 0 radical (unpaired) electrons. The molecule has 1 amide bonds. The number of carbonyl (C=O) groups is 1. The number of nitrogens with zero attached hydrogens (tertiary/aromatic N) is 1. The number of benzene rings is 2. The minimum atomic E-state index is 0.0234. The molecule has 0 aromatic heterocycles. The summed E-state index contributed by atoms with van der Waals surface area (Å²) >= 11 is 5.16. The van der Waals surface area contributed by atoms with Crippen LogP contribution in [0.3, 0.4) is 0 Å². The third kappa shape index (κ3) is 4.52. The van der Waals surface area contributed by atoms with E-state index < -0.39 is 0 Å². The van der Waals surface area contributed by atoms with Gasteiger partial charge in [0.2, 0.25) is 5.91 Å². The minimum absolute atomic E-state index is 0.0234. The highest BCUT2D eigenvalue weighted by molar-refractivity contribution is 9.10. The molecule has 0 fully saturated rings. The maximum Gasteiger partial charge on any atom is 0.219 e. The minimum Gasteiger partial charge on any atom is -0.457 e. The van der Waals surface area contributed by atoms with Crippen molar-refractivity contribution in [2.75, 3.05) is 13.3 Å². The number of hydrogen-bond acceptors (Lipinski definition) is 3. The van der Waals surface area contributed by atoms with E-state index in [0.29, 0.717) is 6.54 Å². The van der Waals surface area contributed by atoms with Gasteiger partial charge >= 0.3 is 0 Å². The molecule has 0 heterocycles. The number of ether oxygens (including phenoxy) is 1. The average Bonchev–Trinajstić information content (AvgIpc) is 2.50. The first kappa shape index (κ1) is 16.9. The number of carbonyl (C=O) groups excluding carboxylic acids is 1. The predicted molar refractivity (Wildman–Crippen MR) is 94.6 cm³/mol. The van der Waals surface area contributed by atoms with Crippen LogP contribution >= 0.6 is 27.7 Å². The van der Waals surface area contributed by atoms with Crippen molar-refractivity contribution in [3.05, 3.63) is 52.5 Å². The Labute approximate surface area is 143 Å². The predicted octanol–water partition coefficient (Wildman–Crippen LogP) is 4.94. The van der Waals surface area contributed by atoms with Crippen molar-refractivity contribution in [2.24, 2.45) is 0 Å². The summed E-state index contributed by atoms with van der Waals surface area (Å²) in [6, 6.07) is 13.8. The van der Waals surface area contributed by atoms with Crippen LogP contribution < -0.4 is 4.74 Å². The van der Waals surface area contributed by atoms with E-state index in [0.717, 1.165) is 21.5 Å². The Morgan fingerprint density at radius 3 is 2.50 bits per heavy atom. The van der Waals surface area contributed by atoms with Gasteiger partial charge in [-0.3, -0.25) is 4.79 Å². The van der Waals surface area contributed by atoms with Gasteiger partial charge in [-0.15, -0.1) is 11.8 Å². The third-order valence-electron chi connectivity index (χ3n) is 3.25. The van der Waals surface area contributed by atoms with Gasteiger partial charge in [-0.25, -0.2) is 0 Å². The standard InChI is InChI=1S/C17H18BrNO2S/c1-12(20)19(2)11-13-10-14(18)4-9-17(13)21-15-5-7-16(22-3)8-6-15/h4-10H,11H2,1-3H3. The molecule has 5 heteroatoms. The van der Waals surface area contributed by atoms with E-state index in [1.807, 2.05) is 48.7 Å². The molecule has 0 saturated heterocycles. The van der Waals surface area contributed by atoms with Crippen molar-refractivity contribution < 1.29 is 9.53 Å². The molecule has 2 aromatic rings. The van der Waals surface area contributed by atoms with Gasteiger partial charge in [0.1, 0.15) is 11.5 Å². The molecular formula is C17H18BrNO2S. The van der Waals surface area contributed by atoms with Gasteiger partial charge in [0.15, 0.2) is 0 Å². The van der Waals surface area contributed by atoms with Crippen LogP contribution in [0.15, 0.2) is 51.8 Å². The molecule has 0 saturated carbocycles. The van der Waals surface area contributed by atoms with Crippen molar-refractivity contribution in [3.63, 3.8) is 0 Å². The lowest BCUT2D eigenvalue weighted by Gasteiger charge is -2.18. The van der Waals surface area contributed by atoms with Crippen molar-refractivity contribution >= 4 is 33.6 Å². The molecule has 0 aliphatic heterocycles. The second kappa shape index (κ2) is 7.70. The van der Waals surface area contributed by atoms with Crippen LogP contribution in [0.4, 0.5) is 0 Å². The first-order valence-corrected chi connectivity index (χ1v) is 8.83. The number of thioether (sulfide) groups is 1. The number of amides is 1. The maximum absolute atomic E-state index is 11.4. The Hall–Kier alpha value is -1.46. The van der Waals surface area contributed by atoms with Crippen LogP contribution in [0.25, 0.3) is 0 Å². The molecule has 0 atom stereocenters. The molecule has 2 rings (SSSR count). The molecule has 116 valence electrons. The van der Waals surface area contributed by atoms with Gasteiger partial charge in [-0.2, -0.15) is 0 Å². The molecule has 0 spiro atoms. The van der Waals surface area contributed by atoms with Crippen LogP contribution in [0, 0.1) is 0 Å². The topological polar surface area (TPSA) is 29.5 Å². The van der Waals surface area contributed by atoms with Crippen molar-refractivity contribution in [1.82, 2.24) is 4.90 Å². The lowest BCUT2D eigenvalue weighted by molar-refractivity contribution is -0.128. The van der Waals surface area contributed by atoms with E-state index in [-0.39, 0.29) is 5.91 Å². The molecule has 0 bridgehead atoms. The van der Waals surface area contributed by atoms with Crippen LogP contribution in [-0.4, -0.2) is 24.1 Å². The third-order valence-corrected chi connectivity index (χ3v) is 4.49. The SMILES string of the molecule is CSc1ccc(Oc2ccc(Br)cc2CN(C)C(C)=O)cc1. The first-order valence-electron chi connectivity index (χ1n) is 6.81. The first-order chi connectivity index (χ1) is 10.5. The smallest absolute Gasteiger partial charge is 0.219 e. The Bertz CT molecular complexity index is 658. The van der Waals surface area contributed by atoms with Gasteiger partial charge in [-0.05, 0) is 48.7 Å². The summed E-state index contributed by atoms with van der Waals surface area (Å²) in [4.78, 5) is 14.3. The summed E-state index contributed by atoms with van der Waals surface area (Å²) in [5, 5.41) is 0. The largest absolute Gasteiger partial charge is 0.457 e. The maximum atomic E-state index is 11.4. The second-order valence-corrected chi connectivity index (χ2v) is 6.70. The van der Waals surface area contributed by atoms with E-state index in [1.165, 1.54) is 4.90 Å². The van der Waals surface area contributed by atoms with E-state index in [9.17, 15) is 4.79 Å². The highest BCUT2D eigenvalue weighted by Gasteiger charge is 2.10. The number of halogens is 1. The number of hydrogen-bond donors (Lipinski definition) is 0. The molecule has 3 nitrogen and oxygen atoms in total. The van der Waals surface area contributed by atoms with E-state index >= 15 is 0 Å². The Morgan fingerprint density at radius 1 is 1.23 bits per heavy atom. The molecule has 0 N–H and O–H groups in total. The van der Waals surface area contributed by atoms with E-state index in [2.05, 4.69) is 15.9 Å². The monoisotopic (exact) mass is 379 g/mol. The summed E-state index contributed by atoms with van der Waals surface area (Å²) in [7, 11) is 1.78. The quantitative estimate of drug-likeness (QED) is 0.688. The highest BCUT2D eigenvalue weighted by Crippen LogP contribution is 2.30. The van der Waals surface area contributed by atoms with Crippen molar-refractivity contribution in [3.8, 4) is 11.5 Å². The zero-order valence-electron chi connectivity index (χ0n) is 12.8. The average molecular weight is 380 g/mol. The van der Waals surface area contributed by atoms with Gasteiger partial charge < -0.3 is 9.64 Å². The molecule has 0 aliphatic rings. The van der Waals surface area contributed by atoms with Gasteiger partial charge in [0.25, 0.3) is 0 Å². The van der Waals surface area contributed by atoms with Crippen LogP contribution in [0.5, 0.6) is 11.5 Å². The number of rotatable bonds is 5. The van der Waals surface area contributed by atoms with E-state index in [1.54, 1.807) is 30.6 Å². The summed E-state index contributed by atoms with van der Waals surface area (Å²) in [6.07, 6.45) is 2.04. The van der Waals surface area contributed by atoms with E-state index in [4.69, 9.17) is 4.74 Å². The fourth-order valence-electron chi connectivity index (χ4n) is 1.91. The zero-order valence-corrected chi connectivity index (χ0v) is 15.2. The molecule has 0 unspecified atom stereocenters. The Balaban J connectivity index is 2.23. The summed E-state index contributed by atoms with van der Waals surface area (Å²) in [6.45, 7) is 2.06. The Morgan fingerprint density at radius 2 is 1.91 bits per heavy atom. The zero-order chi connectivity index (χ0) is 16.1. The summed E-state index contributed by atoms with van der Waals surface area (Å²) in [5.41, 5.74) is 0.959. The second-order valence-electron chi connectivity index (χ2n) is 4.90. The summed E-state index contributed by atoms with van der Waals surface area (Å²) < 4.78 is 6.94. The van der Waals surface area contributed by atoms with Crippen molar-refractivity contribution in [2.45, 2.75) is 18.4 Å². The normalized spacial score (nSPS) is 10.4. The van der Waals surface area contributed by atoms with Crippen LogP contribution in [0.2, 0.25) is 0 Å².